The van der Waals surface area contributed by atoms with E-state index >= 15 is 0 Å². The van der Waals surface area contributed by atoms with Crippen LogP contribution in [0.5, 0.6) is 0 Å². The first-order valence-corrected chi connectivity index (χ1v) is 11.7. The molecule has 0 fully saturated rings. The third kappa shape index (κ3) is 4.07. The largest absolute Gasteiger partial charge is 0.376 e. The van der Waals surface area contributed by atoms with Crippen molar-refractivity contribution in [2.24, 2.45) is 5.73 Å². The SMILES string of the molecule is CC(C)n1nc2c3c(cc(F)cc3c1=O)NC(c1ccc(F)cc1)C2c1ncnn1CCCCN. The van der Waals surface area contributed by atoms with Crippen LogP contribution in [0.1, 0.15) is 61.8 Å². The monoisotopic (exact) mass is 479 g/mol. The Morgan fingerprint density at radius 1 is 1.11 bits per heavy atom. The molecule has 0 radical (unpaired) electrons. The Kier molecular flexibility index (Phi) is 6.06. The summed E-state index contributed by atoms with van der Waals surface area (Å²) >= 11 is 0. The molecule has 2 aromatic heterocycles. The second kappa shape index (κ2) is 9.18. The molecule has 1 aliphatic rings. The molecule has 0 saturated carbocycles. The van der Waals surface area contributed by atoms with Crippen LogP contribution < -0.4 is 16.6 Å². The van der Waals surface area contributed by atoms with E-state index in [0.29, 0.717) is 35.7 Å². The molecule has 0 amide bonds. The summed E-state index contributed by atoms with van der Waals surface area (Å²) in [5.41, 5.74) is 7.17. The Labute approximate surface area is 200 Å². The first-order chi connectivity index (χ1) is 16.9. The minimum Gasteiger partial charge on any atom is -0.376 e. The van der Waals surface area contributed by atoms with Crippen molar-refractivity contribution in [1.29, 1.82) is 0 Å². The highest BCUT2D eigenvalue weighted by atomic mass is 19.1. The molecule has 10 heteroatoms. The Morgan fingerprint density at radius 3 is 2.60 bits per heavy atom. The van der Waals surface area contributed by atoms with E-state index in [0.717, 1.165) is 18.4 Å². The molecule has 8 nitrogen and oxygen atoms in total. The van der Waals surface area contributed by atoms with Crippen LogP contribution in [0.3, 0.4) is 0 Å². The van der Waals surface area contributed by atoms with E-state index < -0.39 is 17.8 Å². The Hall–Kier alpha value is -3.66. The summed E-state index contributed by atoms with van der Waals surface area (Å²) < 4.78 is 31.6. The van der Waals surface area contributed by atoms with Crippen LogP contribution in [0.2, 0.25) is 0 Å². The first kappa shape index (κ1) is 23.1. The molecular weight excluding hydrogens is 452 g/mol. The molecule has 0 bridgehead atoms. The van der Waals surface area contributed by atoms with Crippen molar-refractivity contribution in [1.82, 2.24) is 24.5 Å². The zero-order valence-corrected chi connectivity index (χ0v) is 19.6. The average Bonchev–Trinajstić information content (AvgIpc) is 3.29. The normalized spacial score (nSPS) is 17.2. The highest BCUT2D eigenvalue weighted by molar-refractivity contribution is 5.97. The maximum Gasteiger partial charge on any atom is 0.275 e. The van der Waals surface area contributed by atoms with Crippen LogP contribution in [0, 0.1) is 11.6 Å². The highest BCUT2D eigenvalue weighted by Gasteiger charge is 2.38. The number of unbranched alkanes of at least 4 members (excludes halogenated alkanes) is 1. The van der Waals surface area contributed by atoms with Crippen LogP contribution in [0.25, 0.3) is 10.8 Å². The van der Waals surface area contributed by atoms with Crippen LogP contribution in [0.4, 0.5) is 14.5 Å². The van der Waals surface area contributed by atoms with Gasteiger partial charge in [0.05, 0.1) is 29.1 Å². The van der Waals surface area contributed by atoms with E-state index in [2.05, 4.69) is 15.4 Å². The number of nitrogens with one attached hydrogen (secondary N) is 1. The van der Waals surface area contributed by atoms with Crippen molar-refractivity contribution in [3.8, 4) is 0 Å². The van der Waals surface area contributed by atoms with Crippen LogP contribution in [-0.4, -0.2) is 31.1 Å². The summed E-state index contributed by atoms with van der Waals surface area (Å²) in [6.45, 7) is 4.90. The number of rotatable bonds is 7. The number of nitrogens with two attached hydrogens (primary N) is 1. The second-order valence-electron chi connectivity index (χ2n) is 9.09. The number of halogens is 2. The van der Waals surface area contributed by atoms with Gasteiger partial charge in [0.25, 0.3) is 5.56 Å². The van der Waals surface area contributed by atoms with Gasteiger partial charge in [0.1, 0.15) is 23.8 Å². The molecule has 0 saturated heterocycles. The lowest BCUT2D eigenvalue weighted by Crippen LogP contribution is -2.34. The van der Waals surface area contributed by atoms with E-state index in [1.165, 1.54) is 35.3 Å². The van der Waals surface area contributed by atoms with E-state index in [9.17, 15) is 13.6 Å². The van der Waals surface area contributed by atoms with Crippen LogP contribution in [0.15, 0.2) is 47.5 Å². The summed E-state index contributed by atoms with van der Waals surface area (Å²) in [4.78, 5) is 17.8. The molecular formula is C25H27F2N7O. The van der Waals surface area contributed by atoms with E-state index in [-0.39, 0.29) is 22.8 Å². The van der Waals surface area contributed by atoms with Crippen molar-refractivity contribution in [3.63, 3.8) is 0 Å². The van der Waals surface area contributed by atoms with E-state index in [1.807, 2.05) is 18.5 Å². The number of anilines is 1. The summed E-state index contributed by atoms with van der Waals surface area (Å²) in [5, 5.41) is 13.4. The molecule has 3 N–H and O–H groups in total. The Bertz CT molecular complexity index is 1430. The van der Waals surface area contributed by atoms with Gasteiger partial charge in [-0.1, -0.05) is 12.1 Å². The van der Waals surface area contributed by atoms with Gasteiger partial charge < -0.3 is 11.1 Å². The van der Waals surface area contributed by atoms with Crippen LogP contribution >= 0.6 is 0 Å². The fraction of sp³-hybridized carbons (Fsp3) is 0.360. The molecule has 3 heterocycles. The Balaban J connectivity index is 1.78. The maximum absolute atomic E-state index is 14.6. The van der Waals surface area contributed by atoms with Crippen molar-refractivity contribution < 1.29 is 8.78 Å². The van der Waals surface area contributed by atoms with Crippen LogP contribution in [-0.2, 0) is 6.54 Å². The van der Waals surface area contributed by atoms with Gasteiger partial charge in [-0.3, -0.25) is 4.79 Å². The number of aromatic nitrogens is 5. The highest BCUT2D eigenvalue weighted by Crippen LogP contribution is 2.46. The maximum atomic E-state index is 14.6. The number of nitrogens with zero attached hydrogens (tertiary/aromatic N) is 5. The zero-order valence-electron chi connectivity index (χ0n) is 19.6. The van der Waals surface area contributed by atoms with Crippen molar-refractivity contribution in [2.45, 2.75) is 51.2 Å². The number of benzene rings is 2. The fourth-order valence-corrected chi connectivity index (χ4v) is 4.79. The molecule has 5 rings (SSSR count). The fourth-order valence-electron chi connectivity index (χ4n) is 4.79. The van der Waals surface area contributed by atoms with Gasteiger partial charge in [-0.05, 0) is 63.1 Å². The Morgan fingerprint density at radius 2 is 1.89 bits per heavy atom. The molecule has 35 heavy (non-hydrogen) atoms. The molecule has 2 aromatic carbocycles. The molecule has 0 spiro atoms. The minimum atomic E-state index is -0.522. The quantitative estimate of drug-likeness (QED) is 0.390. The third-order valence-electron chi connectivity index (χ3n) is 6.42. The summed E-state index contributed by atoms with van der Waals surface area (Å²) in [5.74, 6) is -0.689. The summed E-state index contributed by atoms with van der Waals surface area (Å²) in [6.07, 6.45) is 3.16. The van der Waals surface area contributed by atoms with Gasteiger partial charge in [-0.25, -0.2) is 23.1 Å². The van der Waals surface area contributed by atoms with Gasteiger partial charge in [-0.15, -0.1) is 0 Å². The topological polar surface area (TPSA) is 104 Å². The second-order valence-corrected chi connectivity index (χ2v) is 9.09. The van der Waals surface area contributed by atoms with Gasteiger partial charge in [0.2, 0.25) is 0 Å². The minimum absolute atomic E-state index is 0.239. The molecule has 4 aromatic rings. The summed E-state index contributed by atoms with van der Waals surface area (Å²) in [7, 11) is 0. The molecule has 1 aliphatic heterocycles. The zero-order chi connectivity index (χ0) is 24.7. The van der Waals surface area contributed by atoms with Gasteiger partial charge in [0.15, 0.2) is 0 Å². The number of hydrogen-bond donors (Lipinski definition) is 2. The molecule has 0 aliphatic carbocycles. The lowest BCUT2D eigenvalue weighted by Gasteiger charge is -2.34. The predicted octanol–water partition coefficient (Wildman–Crippen LogP) is 3.88. The third-order valence-corrected chi connectivity index (χ3v) is 6.42. The molecule has 182 valence electrons. The van der Waals surface area contributed by atoms with Gasteiger partial charge in [-0.2, -0.15) is 10.2 Å². The van der Waals surface area contributed by atoms with Crippen molar-refractivity contribution in [3.05, 3.63) is 81.8 Å². The number of hydrogen-bond acceptors (Lipinski definition) is 6. The smallest absolute Gasteiger partial charge is 0.275 e. The lowest BCUT2D eigenvalue weighted by molar-refractivity contribution is 0.465. The molecule has 2 atom stereocenters. The van der Waals surface area contributed by atoms with E-state index in [4.69, 9.17) is 10.8 Å². The van der Waals surface area contributed by atoms with Gasteiger partial charge in [0, 0.05) is 17.6 Å². The first-order valence-electron chi connectivity index (χ1n) is 11.7. The van der Waals surface area contributed by atoms with E-state index in [1.54, 1.807) is 12.1 Å². The van der Waals surface area contributed by atoms with Gasteiger partial charge >= 0.3 is 0 Å². The lowest BCUT2D eigenvalue weighted by atomic mass is 9.83. The van der Waals surface area contributed by atoms with Crippen molar-refractivity contribution in [2.75, 3.05) is 11.9 Å². The average molecular weight is 480 g/mol. The standard InChI is InChI=1S/C25H27F2N7O/c1-14(2)34-25(35)18-11-17(27)12-19-20(18)23(32-34)21(22(31-19)15-5-7-16(26)8-6-15)24-29-13-30-33(24)10-4-3-9-28/h5-8,11-14,21-22,31H,3-4,9-10,28H2,1-2H3. The summed E-state index contributed by atoms with van der Waals surface area (Å²) in [6, 6.07) is 8.09. The predicted molar refractivity (Wildman–Crippen MR) is 129 cm³/mol. The number of aryl methyl sites for hydroxylation is 1. The van der Waals surface area contributed by atoms with Crippen molar-refractivity contribution >= 4 is 16.5 Å². The molecule has 2 unspecified atom stereocenters.